The van der Waals surface area contributed by atoms with Gasteiger partial charge in [-0.15, -0.1) is 0 Å². The molecule has 0 aliphatic carbocycles. The van der Waals surface area contributed by atoms with E-state index in [0.717, 1.165) is 10.0 Å². The minimum atomic E-state index is -0.253. The van der Waals surface area contributed by atoms with Crippen LogP contribution < -0.4 is 19.5 Å². The van der Waals surface area contributed by atoms with Gasteiger partial charge in [-0.3, -0.25) is 4.79 Å². The number of amides is 1. The maximum Gasteiger partial charge on any atom is 0.262 e. The van der Waals surface area contributed by atoms with Crippen molar-refractivity contribution < 1.29 is 19.0 Å². The molecule has 0 radical (unpaired) electrons. The van der Waals surface area contributed by atoms with E-state index in [4.69, 9.17) is 14.2 Å². The molecular formula is C17H18BrNO4. The molecule has 0 fully saturated rings. The molecule has 0 bridgehead atoms. The maximum absolute atomic E-state index is 12.0. The van der Waals surface area contributed by atoms with E-state index in [1.807, 2.05) is 25.1 Å². The second-order valence-corrected chi connectivity index (χ2v) is 5.72. The van der Waals surface area contributed by atoms with Gasteiger partial charge in [0.1, 0.15) is 17.2 Å². The molecule has 23 heavy (non-hydrogen) atoms. The summed E-state index contributed by atoms with van der Waals surface area (Å²) < 4.78 is 16.6. The molecular weight excluding hydrogens is 362 g/mol. The van der Waals surface area contributed by atoms with E-state index < -0.39 is 0 Å². The number of carbonyl (C=O) groups is 1. The van der Waals surface area contributed by atoms with Crippen molar-refractivity contribution in [2.75, 3.05) is 26.1 Å². The summed E-state index contributed by atoms with van der Waals surface area (Å²) in [6.07, 6.45) is 0. The highest BCUT2D eigenvalue weighted by Gasteiger charge is 2.08. The lowest BCUT2D eigenvalue weighted by Gasteiger charge is -2.11. The van der Waals surface area contributed by atoms with Gasteiger partial charge in [-0.2, -0.15) is 0 Å². The van der Waals surface area contributed by atoms with Gasteiger partial charge in [0, 0.05) is 22.7 Å². The van der Waals surface area contributed by atoms with E-state index in [1.54, 1.807) is 32.4 Å². The van der Waals surface area contributed by atoms with E-state index in [9.17, 15) is 4.79 Å². The van der Waals surface area contributed by atoms with Crippen LogP contribution in [0.4, 0.5) is 5.69 Å². The first kappa shape index (κ1) is 17.1. The molecule has 1 N–H and O–H groups in total. The molecule has 6 heteroatoms. The minimum absolute atomic E-state index is 0.114. The standard InChI is InChI=1S/C17H18BrNO4/c1-11-4-5-16(15(18)6-11)19-17(20)10-23-14-8-12(21-2)7-13(9-14)22-3/h4-9H,10H2,1-3H3,(H,19,20). The Labute approximate surface area is 143 Å². The van der Waals surface area contributed by atoms with Crippen LogP contribution in [0.25, 0.3) is 0 Å². The number of benzene rings is 2. The second kappa shape index (κ2) is 7.87. The first-order valence-electron chi connectivity index (χ1n) is 6.93. The van der Waals surface area contributed by atoms with Gasteiger partial charge in [0.2, 0.25) is 0 Å². The van der Waals surface area contributed by atoms with Crippen LogP contribution >= 0.6 is 15.9 Å². The van der Waals surface area contributed by atoms with Gasteiger partial charge in [0.15, 0.2) is 6.61 Å². The molecule has 2 aromatic rings. The SMILES string of the molecule is COc1cc(OC)cc(OCC(=O)Nc2ccc(C)cc2Br)c1. The van der Waals surface area contributed by atoms with Gasteiger partial charge < -0.3 is 19.5 Å². The largest absolute Gasteiger partial charge is 0.496 e. The average molecular weight is 380 g/mol. The molecule has 0 unspecified atom stereocenters. The number of hydrogen-bond donors (Lipinski definition) is 1. The highest BCUT2D eigenvalue weighted by atomic mass is 79.9. The lowest BCUT2D eigenvalue weighted by atomic mass is 10.2. The molecule has 0 saturated carbocycles. The van der Waals surface area contributed by atoms with E-state index in [0.29, 0.717) is 22.9 Å². The summed E-state index contributed by atoms with van der Waals surface area (Å²) >= 11 is 3.42. The van der Waals surface area contributed by atoms with Gasteiger partial charge in [0.25, 0.3) is 5.91 Å². The number of halogens is 1. The summed E-state index contributed by atoms with van der Waals surface area (Å²) in [5.74, 6) is 1.44. The molecule has 0 heterocycles. The van der Waals surface area contributed by atoms with Gasteiger partial charge >= 0.3 is 0 Å². The van der Waals surface area contributed by atoms with Crippen LogP contribution in [0.15, 0.2) is 40.9 Å². The molecule has 122 valence electrons. The predicted octanol–water partition coefficient (Wildman–Crippen LogP) is 3.79. The van der Waals surface area contributed by atoms with Gasteiger partial charge in [0.05, 0.1) is 19.9 Å². The number of rotatable bonds is 6. The maximum atomic E-state index is 12.0. The van der Waals surface area contributed by atoms with Gasteiger partial charge in [-0.25, -0.2) is 0 Å². The zero-order valence-electron chi connectivity index (χ0n) is 13.2. The van der Waals surface area contributed by atoms with Crippen molar-refractivity contribution in [1.29, 1.82) is 0 Å². The fraction of sp³-hybridized carbons (Fsp3) is 0.235. The molecule has 0 saturated heterocycles. The minimum Gasteiger partial charge on any atom is -0.496 e. The average Bonchev–Trinajstić information content (AvgIpc) is 2.55. The Morgan fingerprint density at radius 2 is 1.65 bits per heavy atom. The monoisotopic (exact) mass is 379 g/mol. The quantitative estimate of drug-likeness (QED) is 0.829. The van der Waals surface area contributed by atoms with Gasteiger partial charge in [-0.05, 0) is 40.5 Å². The Hall–Kier alpha value is -2.21. The fourth-order valence-electron chi connectivity index (χ4n) is 1.92. The summed E-state index contributed by atoms with van der Waals surface area (Å²) in [5.41, 5.74) is 1.81. The Balaban J connectivity index is 1.99. The molecule has 2 aromatic carbocycles. The van der Waals surface area contributed by atoms with Crippen LogP contribution in [0.5, 0.6) is 17.2 Å². The van der Waals surface area contributed by atoms with Crippen LogP contribution in [0.1, 0.15) is 5.56 Å². The first-order chi connectivity index (χ1) is 11.0. The summed E-state index contributed by atoms with van der Waals surface area (Å²) in [4.78, 5) is 12.0. The highest BCUT2D eigenvalue weighted by Crippen LogP contribution is 2.27. The van der Waals surface area contributed by atoms with Crippen LogP contribution in [-0.2, 0) is 4.79 Å². The third-order valence-electron chi connectivity index (χ3n) is 3.09. The normalized spacial score (nSPS) is 10.1. The zero-order chi connectivity index (χ0) is 16.8. The number of ether oxygens (including phenoxy) is 3. The van der Waals surface area contributed by atoms with Crippen molar-refractivity contribution in [2.45, 2.75) is 6.92 Å². The van der Waals surface area contributed by atoms with Crippen molar-refractivity contribution in [3.63, 3.8) is 0 Å². The molecule has 0 atom stereocenters. The Morgan fingerprint density at radius 3 is 2.22 bits per heavy atom. The molecule has 0 aliphatic rings. The number of hydrogen-bond acceptors (Lipinski definition) is 4. The Morgan fingerprint density at radius 1 is 1.04 bits per heavy atom. The third-order valence-corrected chi connectivity index (χ3v) is 3.75. The van der Waals surface area contributed by atoms with Crippen molar-refractivity contribution in [1.82, 2.24) is 0 Å². The summed E-state index contributed by atoms with van der Waals surface area (Å²) in [7, 11) is 3.11. The highest BCUT2D eigenvalue weighted by molar-refractivity contribution is 9.10. The fourth-order valence-corrected chi connectivity index (χ4v) is 2.51. The second-order valence-electron chi connectivity index (χ2n) is 4.87. The lowest BCUT2D eigenvalue weighted by molar-refractivity contribution is -0.118. The molecule has 1 amide bonds. The number of nitrogens with one attached hydrogen (secondary N) is 1. The third kappa shape index (κ3) is 4.89. The number of methoxy groups -OCH3 is 2. The van der Waals surface area contributed by atoms with Crippen LogP contribution in [0.3, 0.4) is 0 Å². The van der Waals surface area contributed by atoms with Crippen LogP contribution in [-0.4, -0.2) is 26.7 Å². The molecule has 5 nitrogen and oxygen atoms in total. The number of carbonyl (C=O) groups excluding carboxylic acids is 1. The van der Waals surface area contributed by atoms with Crippen molar-refractivity contribution >= 4 is 27.5 Å². The van der Waals surface area contributed by atoms with Crippen LogP contribution in [0, 0.1) is 6.92 Å². The van der Waals surface area contributed by atoms with E-state index in [1.165, 1.54) is 0 Å². The van der Waals surface area contributed by atoms with E-state index >= 15 is 0 Å². The Kier molecular flexibility index (Phi) is 5.87. The molecule has 2 rings (SSSR count). The Bertz CT molecular complexity index is 681. The zero-order valence-corrected chi connectivity index (χ0v) is 14.8. The first-order valence-corrected chi connectivity index (χ1v) is 7.73. The summed E-state index contributed by atoms with van der Waals surface area (Å²) in [6, 6.07) is 10.8. The molecule has 0 spiro atoms. The topological polar surface area (TPSA) is 56.8 Å². The molecule has 0 aromatic heterocycles. The van der Waals surface area contributed by atoms with Crippen molar-refractivity contribution in [2.24, 2.45) is 0 Å². The van der Waals surface area contributed by atoms with Crippen molar-refractivity contribution in [3.8, 4) is 17.2 Å². The van der Waals surface area contributed by atoms with Crippen LogP contribution in [0.2, 0.25) is 0 Å². The summed E-state index contributed by atoms with van der Waals surface area (Å²) in [5, 5.41) is 2.79. The van der Waals surface area contributed by atoms with Crippen molar-refractivity contribution in [3.05, 3.63) is 46.4 Å². The predicted molar refractivity (Wildman–Crippen MR) is 92.5 cm³/mol. The van der Waals surface area contributed by atoms with Gasteiger partial charge in [-0.1, -0.05) is 6.07 Å². The number of anilines is 1. The number of aryl methyl sites for hydroxylation is 1. The smallest absolute Gasteiger partial charge is 0.262 e. The molecule has 0 aliphatic heterocycles. The summed E-state index contributed by atoms with van der Waals surface area (Å²) in [6.45, 7) is 1.87. The lowest BCUT2D eigenvalue weighted by Crippen LogP contribution is -2.20. The van der Waals surface area contributed by atoms with E-state index in [-0.39, 0.29) is 12.5 Å². The van der Waals surface area contributed by atoms with E-state index in [2.05, 4.69) is 21.2 Å².